The number of carbonyl (C=O) groups excluding carboxylic acids is 2. The van der Waals surface area contributed by atoms with Crippen LogP contribution in [0.15, 0.2) is 77.7 Å². The number of aromatic nitrogens is 1. The van der Waals surface area contributed by atoms with Gasteiger partial charge in [-0.25, -0.2) is 12.4 Å². The fourth-order valence-corrected chi connectivity index (χ4v) is 7.69. The number of nitrogens with zero attached hydrogens (tertiary/aromatic N) is 1. The predicted octanol–water partition coefficient (Wildman–Crippen LogP) is 4.55. The lowest BCUT2D eigenvalue weighted by atomic mass is 9.61. The second kappa shape index (κ2) is 8.31. The molecule has 4 aromatic rings. The maximum Gasteiger partial charge on any atom is 0.310 e. The molecule has 0 unspecified atom stereocenters. The van der Waals surface area contributed by atoms with Crippen molar-refractivity contribution in [3.05, 3.63) is 95.2 Å². The van der Waals surface area contributed by atoms with Crippen molar-refractivity contribution in [2.45, 2.75) is 37.0 Å². The molecule has 1 aliphatic carbocycles. The largest absolute Gasteiger partial charge is 0.466 e. The third kappa shape index (κ3) is 3.15. The number of para-hydroxylation sites is 2. The third-order valence-corrected chi connectivity index (χ3v) is 9.37. The molecule has 1 spiro atoms. The maximum atomic E-state index is 14.1. The Morgan fingerprint density at radius 2 is 1.76 bits per heavy atom. The first kappa shape index (κ1) is 23.5. The molecule has 2 atom stereocenters. The lowest BCUT2D eigenvalue weighted by Crippen LogP contribution is -2.50. The maximum absolute atomic E-state index is 14.1. The van der Waals surface area contributed by atoms with Crippen LogP contribution >= 0.6 is 0 Å². The molecule has 0 fully saturated rings. The molecule has 0 radical (unpaired) electrons. The zero-order valence-corrected chi connectivity index (χ0v) is 21.3. The van der Waals surface area contributed by atoms with Crippen LogP contribution in [-0.2, 0) is 36.2 Å². The van der Waals surface area contributed by atoms with E-state index in [0.717, 1.165) is 5.56 Å². The summed E-state index contributed by atoms with van der Waals surface area (Å²) in [5, 5.41) is 3.60. The Labute approximate surface area is 215 Å². The Balaban J connectivity index is 1.73. The minimum Gasteiger partial charge on any atom is -0.466 e. The summed E-state index contributed by atoms with van der Waals surface area (Å²) in [7, 11) is -4.00. The zero-order chi connectivity index (χ0) is 25.9. The molecule has 2 heterocycles. The molecular weight excluding hydrogens is 488 g/mol. The van der Waals surface area contributed by atoms with E-state index in [-0.39, 0.29) is 23.8 Å². The van der Waals surface area contributed by atoms with Gasteiger partial charge < -0.3 is 10.1 Å². The minimum absolute atomic E-state index is 0.166. The number of amides is 1. The number of benzene rings is 3. The molecule has 1 N–H and O–H groups in total. The SMILES string of the molecule is CCOC(=O)[C@H]1CCc2c(c3ccccc3n2S(=O)(=O)c2ccc(C)cc2)[C@]12C(=O)Nc1ccccc12. The highest BCUT2D eigenvalue weighted by molar-refractivity contribution is 7.90. The summed E-state index contributed by atoms with van der Waals surface area (Å²) in [5.41, 5.74) is 2.38. The average Bonchev–Trinajstić information content (AvgIpc) is 3.38. The number of nitrogens with one attached hydrogen (secondary N) is 1. The van der Waals surface area contributed by atoms with E-state index < -0.39 is 27.3 Å². The van der Waals surface area contributed by atoms with E-state index in [1.165, 1.54) is 3.97 Å². The Morgan fingerprint density at radius 3 is 2.51 bits per heavy atom. The Bertz CT molecular complexity index is 1690. The van der Waals surface area contributed by atoms with Gasteiger partial charge >= 0.3 is 5.97 Å². The van der Waals surface area contributed by atoms with Crippen LogP contribution in [0.5, 0.6) is 0 Å². The lowest BCUT2D eigenvalue weighted by molar-refractivity contribution is -0.152. The number of rotatable bonds is 4. The van der Waals surface area contributed by atoms with E-state index in [1.54, 1.807) is 49.4 Å². The van der Waals surface area contributed by atoms with Gasteiger partial charge in [0.05, 0.1) is 22.9 Å². The second-order valence-electron chi connectivity index (χ2n) is 9.57. The number of carbonyl (C=O) groups is 2. The van der Waals surface area contributed by atoms with Crippen molar-refractivity contribution < 1.29 is 22.7 Å². The number of ether oxygens (including phenoxy) is 1. The van der Waals surface area contributed by atoms with Crippen molar-refractivity contribution >= 4 is 38.5 Å². The van der Waals surface area contributed by atoms with Crippen molar-refractivity contribution in [2.24, 2.45) is 5.92 Å². The van der Waals surface area contributed by atoms with Crippen LogP contribution in [0.1, 0.15) is 35.7 Å². The van der Waals surface area contributed by atoms with Crippen LogP contribution in [-0.4, -0.2) is 30.9 Å². The number of esters is 1. The quantitative estimate of drug-likeness (QED) is 0.403. The van der Waals surface area contributed by atoms with Gasteiger partial charge in [-0.3, -0.25) is 9.59 Å². The predicted molar refractivity (Wildman–Crippen MR) is 140 cm³/mol. The van der Waals surface area contributed by atoms with Crippen LogP contribution in [0, 0.1) is 12.8 Å². The van der Waals surface area contributed by atoms with Crippen molar-refractivity contribution in [3.8, 4) is 0 Å². The summed E-state index contributed by atoms with van der Waals surface area (Å²) in [4.78, 5) is 27.6. The van der Waals surface area contributed by atoms with Crippen LogP contribution in [0.25, 0.3) is 10.9 Å². The van der Waals surface area contributed by atoms with Crippen LogP contribution < -0.4 is 5.32 Å². The van der Waals surface area contributed by atoms with Gasteiger partial charge in [0, 0.05) is 22.3 Å². The van der Waals surface area contributed by atoms with Crippen molar-refractivity contribution in [1.82, 2.24) is 3.97 Å². The summed E-state index contributed by atoms with van der Waals surface area (Å²) in [6.45, 7) is 3.82. The Kier molecular flexibility index (Phi) is 5.28. The monoisotopic (exact) mass is 514 g/mol. The van der Waals surface area contributed by atoms with E-state index in [4.69, 9.17) is 4.74 Å². The fraction of sp³-hybridized carbons (Fsp3) is 0.241. The summed E-state index contributed by atoms with van der Waals surface area (Å²) >= 11 is 0. The van der Waals surface area contributed by atoms with Crippen LogP contribution in [0.3, 0.4) is 0 Å². The first-order chi connectivity index (χ1) is 17.8. The van der Waals surface area contributed by atoms with E-state index >= 15 is 0 Å². The van der Waals surface area contributed by atoms with Gasteiger partial charge in [-0.2, -0.15) is 0 Å². The number of hydrogen-bond acceptors (Lipinski definition) is 5. The van der Waals surface area contributed by atoms with Gasteiger partial charge in [-0.05, 0) is 56.5 Å². The fourth-order valence-electron chi connectivity index (χ4n) is 6.10. The molecule has 0 saturated heterocycles. The number of aryl methyl sites for hydroxylation is 1. The van der Waals surface area contributed by atoms with Gasteiger partial charge in [0.15, 0.2) is 0 Å². The standard InChI is InChI=1S/C29H26N2O5S/c1-3-36-27(32)22-16-17-25-26(29(22)21-9-5-6-10-23(21)30-28(29)33)20-8-4-7-11-24(20)31(25)37(34,35)19-14-12-18(2)13-15-19/h4-15,22H,3,16-17H2,1-2H3,(H,30,33)/t22-,29-/m1/s1. The van der Waals surface area contributed by atoms with E-state index in [1.807, 2.05) is 37.3 Å². The average molecular weight is 515 g/mol. The topological polar surface area (TPSA) is 94.5 Å². The molecule has 1 aliphatic heterocycles. The molecule has 1 amide bonds. The minimum atomic E-state index is -4.00. The van der Waals surface area contributed by atoms with Crippen molar-refractivity contribution in [1.29, 1.82) is 0 Å². The smallest absolute Gasteiger partial charge is 0.310 e. The Morgan fingerprint density at radius 1 is 1.05 bits per heavy atom. The summed E-state index contributed by atoms with van der Waals surface area (Å²) in [6.07, 6.45) is 0.573. The van der Waals surface area contributed by atoms with Crippen molar-refractivity contribution in [2.75, 3.05) is 11.9 Å². The molecule has 188 valence electrons. The van der Waals surface area contributed by atoms with E-state index in [9.17, 15) is 18.0 Å². The second-order valence-corrected chi connectivity index (χ2v) is 11.4. The van der Waals surface area contributed by atoms with Crippen LogP contribution in [0.2, 0.25) is 0 Å². The van der Waals surface area contributed by atoms with Crippen LogP contribution in [0.4, 0.5) is 5.69 Å². The molecule has 6 rings (SSSR count). The Hall–Kier alpha value is -3.91. The highest BCUT2D eigenvalue weighted by Gasteiger charge is 2.60. The lowest BCUT2D eigenvalue weighted by Gasteiger charge is -2.39. The first-order valence-corrected chi connectivity index (χ1v) is 13.8. The molecule has 2 aliphatic rings. The number of fused-ring (bicyclic) bond motifs is 6. The molecule has 8 heteroatoms. The number of hydrogen-bond donors (Lipinski definition) is 1. The first-order valence-electron chi connectivity index (χ1n) is 12.3. The van der Waals surface area contributed by atoms with Gasteiger partial charge in [0.1, 0.15) is 5.41 Å². The third-order valence-electron chi connectivity index (χ3n) is 7.60. The molecule has 0 bridgehead atoms. The summed E-state index contributed by atoms with van der Waals surface area (Å²) in [6, 6.07) is 21.2. The normalized spacial score (nSPS) is 20.5. The zero-order valence-electron chi connectivity index (χ0n) is 20.5. The molecule has 1 aromatic heterocycles. The molecule has 0 saturated carbocycles. The van der Waals surface area contributed by atoms with Gasteiger partial charge in [0.25, 0.3) is 10.0 Å². The molecular formula is C29H26N2O5S. The molecule has 37 heavy (non-hydrogen) atoms. The van der Waals surface area contributed by atoms with E-state index in [0.29, 0.717) is 39.8 Å². The summed E-state index contributed by atoms with van der Waals surface area (Å²) in [5.74, 6) is -1.61. The highest BCUT2D eigenvalue weighted by atomic mass is 32.2. The summed E-state index contributed by atoms with van der Waals surface area (Å²) < 4.78 is 35.1. The molecule has 7 nitrogen and oxygen atoms in total. The highest BCUT2D eigenvalue weighted by Crippen LogP contribution is 2.56. The van der Waals surface area contributed by atoms with Gasteiger partial charge in [-0.15, -0.1) is 0 Å². The van der Waals surface area contributed by atoms with E-state index in [2.05, 4.69) is 5.32 Å². The van der Waals surface area contributed by atoms with Gasteiger partial charge in [-0.1, -0.05) is 54.1 Å². The molecule has 3 aromatic carbocycles. The van der Waals surface area contributed by atoms with Gasteiger partial charge in [0.2, 0.25) is 5.91 Å². The van der Waals surface area contributed by atoms with Crippen molar-refractivity contribution in [3.63, 3.8) is 0 Å². The number of anilines is 1.